The topological polar surface area (TPSA) is 43.1 Å². The van der Waals surface area contributed by atoms with Crippen LogP contribution < -0.4 is 5.73 Å². The molecule has 2 N–H and O–H groups in total. The van der Waals surface area contributed by atoms with Gasteiger partial charge in [-0.1, -0.05) is 39.0 Å². The van der Waals surface area contributed by atoms with Crippen molar-refractivity contribution in [2.75, 3.05) is 6.54 Å². The Kier molecular flexibility index (Phi) is 10.4. The normalized spacial score (nSPS) is 12.7. The molecule has 0 spiro atoms. The Morgan fingerprint density at radius 1 is 1.14 bits per heavy atom. The molecule has 2 heteroatoms. The van der Waals surface area contributed by atoms with Gasteiger partial charge < -0.3 is 10.5 Å². The number of carbonyl (C=O) groups is 1. The van der Waals surface area contributed by atoms with Crippen molar-refractivity contribution in [1.29, 1.82) is 0 Å². The summed E-state index contributed by atoms with van der Waals surface area (Å²) < 4.78 is 0. The second-order valence-electron chi connectivity index (χ2n) is 4.04. The zero-order valence-electron chi connectivity index (χ0n) is 9.50. The van der Waals surface area contributed by atoms with E-state index in [-0.39, 0.29) is 0 Å². The Bertz CT molecular complexity index is 125. The van der Waals surface area contributed by atoms with Crippen LogP contribution >= 0.6 is 0 Å². The lowest BCUT2D eigenvalue weighted by Crippen LogP contribution is -2.03. The lowest BCUT2D eigenvalue weighted by atomic mass is 9.92. The molecule has 0 aliphatic carbocycles. The standard InChI is InChI=1S/C12H25NO/c1-2-7-12(8-3-5-10-13)9-4-6-11-14/h11-12H,2-10,13H2,1H3. The van der Waals surface area contributed by atoms with Crippen LogP contribution in [0.4, 0.5) is 0 Å². The van der Waals surface area contributed by atoms with Crippen LogP contribution in [0, 0.1) is 5.92 Å². The molecule has 0 aromatic carbocycles. The lowest BCUT2D eigenvalue weighted by molar-refractivity contribution is -0.108. The molecule has 0 aromatic rings. The van der Waals surface area contributed by atoms with Crippen molar-refractivity contribution in [3.63, 3.8) is 0 Å². The maximum atomic E-state index is 10.2. The first-order valence-electron chi connectivity index (χ1n) is 5.98. The van der Waals surface area contributed by atoms with Gasteiger partial charge in [-0.25, -0.2) is 0 Å². The van der Waals surface area contributed by atoms with Crippen molar-refractivity contribution in [2.24, 2.45) is 11.7 Å². The minimum Gasteiger partial charge on any atom is -0.330 e. The molecule has 0 amide bonds. The monoisotopic (exact) mass is 199 g/mol. The van der Waals surface area contributed by atoms with E-state index >= 15 is 0 Å². The van der Waals surface area contributed by atoms with E-state index in [1.165, 1.54) is 32.1 Å². The summed E-state index contributed by atoms with van der Waals surface area (Å²) in [6, 6.07) is 0. The Balaban J connectivity index is 3.48. The third-order valence-electron chi connectivity index (χ3n) is 2.70. The third-order valence-corrected chi connectivity index (χ3v) is 2.70. The minimum absolute atomic E-state index is 0.733. The summed E-state index contributed by atoms with van der Waals surface area (Å²) in [5.41, 5.74) is 5.46. The van der Waals surface area contributed by atoms with E-state index in [9.17, 15) is 4.79 Å². The summed E-state index contributed by atoms with van der Waals surface area (Å²) in [4.78, 5) is 10.2. The van der Waals surface area contributed by atoms with E-state index in [0.717, 1.165) is 38.0 Å². The summed E-state index contributed by atoms with van der Waals surface area (Å²) in [6.07, 6.45) is 10.3. The zero-order chi connectivity index (χ0) is 10.6. The van der Waals surface area contributed by atoms with Gasteiger partial charge in [0.15, 0.2) is 0 Å². The SMILES string of the molecule is CCCC(CCCC=O)CCCCN. The Hall–Kier alpha value is -0.370. The summed E-state index contributed by atoms with van der Waals surface area (Å²) in [5, 5.41) is 0. The predicted molar refractivity (Wildman–Crippen MR) is 61.2 cm³/mol. The van der Waals surface area contributed by atoms with Gasteiger partial charge in [-0.05, 0) is 25.3 Å². The molecule has 0 saturated carbocycles. The van der Waals surface area contributed by atoms with Gasteiger partial charge in [-0.3, -0.25) is 0 Å². The van der Waals surface area contributed by atoms with Gasteiger partial charge in [-0.15, -0.1) is 0 Å². The first-order valence-corrected chi connectivity index (χ1v) is 5.98. The van der Waals surface area contributed by atoms with Gasteiger partial charge in [0.05, 0.1) is 0 Å². The number of carbonyl (C=O) groups excluding carboxylic acids is 1. The van der Waals surface area contributed by atoms with Gasteiger partial charge in [0.25, 0.3) is 0 Å². The number of hydrogen-bond acceptors (Lipinski definition) is 2. The molecule has 0 rings (SSSR count). The van der Waals surface area contributed by atoms with Gasteiger partial charge in [0.1, 0.15) is 6.29 Å². The number of aldehydes is 1. The average molecular weight is 199 g/mol. The third kappa shape index (κ3) is 8.24. The van der Waals surface area contributed by atoms with Gasteiger partial charge in [0.2, 0.25) is 0 Å². The Morgan fingerprint density at radius 2 is 1.86 bits per heavy atom. The molecule has 0 aliphatic rings. The fraction of sp³-hybridized carbons (Fsp3) is 0.917. The number of nitrogens with two attached hydrogens (primary N) is 1. The Morgan fingerprint density at radius 3 is 2.43 bits per heavy atom. The van der Waals surface area contributed by atoms with E-state index in [2.05, 4.69) is 6.92 Å². The van der Waals surface area contributed by atoms with Crippen LogP contribution in [0.15, 0.2) is 0 Å². The van der Waals surface area contributed by atoms with Crippen LogP contribution in [0.3, 0.4) is 0 Å². The largest absolute Gasteiger partial charge is 0.330 e. The molecular formula is C12H25NO. The quantitative estimate of drug-likeness (QED) is 0.434. The first kappa shape index (κ1) is 13.6. The predicted octanol–water partition coefficient (Wildman–Crippen LogP) is 2.90. The molecular weight excluding hydrogens is 174 g/mol. The van der Waals surface area contributed by atoms with Gasteiger partial charge in [0, 0.05) is 6.42 Å². The molecule has 84 valence electrons. The molecule has 0 aromatic heterocycles. The van der Waals surface area contributed by atoms with Crippen LogP contribution in [-0.2, 0) is 4.79 Å². The smallest absolute Gasteiger partial charge is 0.119 e. The second-order valence-corrected chi connectivity index (χ2v) is 4.04. The van der Waals surface area contributed by atoms with E-state index in [4.69, 9.17) is 5.73 Å². The van der Waals surface area contributed by atoms with E-state index in [1.54, 1.807) is 0 Å². The van der Waals surface area contributed by atoms with Crippen LogP contribution in [-0.4, -0.2) is 12.8 Å². The highest BCUT2D eigenvalue weighted by Gasteiger charge is 2.06. The number of unbranched alkanes of at least 4 members (excludes halogenated alkanes) is 2. The molecule has 1 atom stereocenters. The fourth-order valence-corrected chi connectivity index (χ4v) is 1.91. The van der Waals surface area contributed by atoms with E-state index < -0.39 is 0 Å². The minimum atomic E-state index is 0.733. The molecule has 0 heterocycles. The van der Waals surface area contributed by atoms with Crippen molar-refractivity contribution in [1.82, 2.24) is 0 Å². The summed E-state index contributed by atoms with van der Waals surface area (Å²) >= 11 is 0. The lowest BCUT2D eigenvalue weighted by Gasteiger charge is -2.14. The van der Waals surface area contributed by atoms with Crippen LogP contribution in [0.2, 0.25) is 0 Å². The molecule has 0 aliphatic heterocycles. The fourth-order valence-electron chi connectivity index (χ4n) is 1.91. The highest BCUT2D eigenvalue weighted by atomic mass is 16.1. The van der Waals surface area contributed by atoms with Crippen molar-refractivity contribution < 1.29 is 4.79 Å². The molecule has 1 unspecified atom stereocenters. The molecule has 0 radical (unpaired) electrons. The van der Waals surface area contributed by atoms with Gasteiger partial charge >= 0.3 is 0 Å². The van der Waals surface area contributed by atoms with Crippen LogP contribution in [0.5, 0.6) is 0 Å². The maximum absolute atomic E-state index is 10.2. The molecule has 0 saturated heterocycles. The second kappa shape index (κ2) is 10.7. The summed E-state index contributed by atoms with van der Waals surface area (Å²) in [7, 11) is 0. The average Bonchev–Trinajstić information content (AvgIpc) is 2.18. The van der Waals surface area contributed by atoms with Crippen molar-refractivity contribution in [3.05, 3.63) is 0 Å². The molecule has 0 fully saturated rings. The number of hydrogen-bond donors (Lipinski definition) is 1. The van der Waals surface area contributed by atoms with Crippen molar-refractivity contribution in [2.45, 2.75) is 58.3 Å². The summed E-state index contributed by atoms with van der Waals surface area (Å²) in [6.45, 7) is 3.04. The molecule has 14 heavy (non-hydrogen) atoms. The van der Waals surface area contributed by atoms with Crippen LogP contribution in [0.1, 0.15) is 58.3 Å². The van der Waals surface area contributed by atoms with Crippen LogP contribution in [0.25, 0.3) is 0 Å². The van der Waals surface area contributed by atoms with E-state index in [0.29, 0.717) is 0 Å². The van der Waals surface area contributed by atoms with Crippen molar-refractivity contribution in [3.8, 4) is 0 Å². The van der Waals surface area contributed by atoms with Gasteiger partial charge in [-0.2, -0.15) is 0 Å². The molecule has 2 nitrogen and oxygen atoms in total. The Labute approximate surface area is 88.3 Å². The summed E-state index contributed by atoms with van der Waals surface area (Å²) in [5.74, 6) is 0.825. The van der Waals surface area contributed by atoms with Crippen molar-refractivity contribution >= 4 is 6.29 Å². The zero-order valence-corrected chi connectivity index (χ0v) is 9.50. The highest BCUT2D eigenvalue weighted by molar-refractivity contribution is 5.48. The first-order chi connectivity index (χ1) is 6.85. The number of rotatable bonds is 10. The maximum Gasteiger partial charge on any atom is 0.119 e. The highest BCUT2D eigenvalue weighted by Crippen LogP contribution is 2.20. The van der Waals surface area contributed by atoms with E-state index in [1.807, 2.05) is 0 Å². The molecule has 0 bridgehead atoms.